The number of carbonyl (C=O) groups is 2. The van der Waals surface area contributed by atoms with Crippen LogP contribution in [0.25, 0.3) is 0 Å². The molecule has 4 nitrogen and oxygen atoms in total. The lowest BCUT2D eigenvalue weighted by Crippen LogP contribution is -2.44. The van der Waals surface area contributed by atoms with Gasteiger partial charge in [0, 0.05) is 31.0 Å². The van der Waals surface area contributed by atoms with Gasteiger partial charge in [-0.1, -0.05) is 6.07 Å². The highest BCUT2D eigenvalue weighted by molar-refractivity contribution is 5.82. The number of benzene rings is 1. The summed E-state index contributed by atoms with van der Waals surface area (Å²) in [6, 6.07) is 2.37. The van der Waals surface area contributed by atoms with Crippen molar-refractivity contribution in [3.05, 3.63) is 35.4 Å². The van der Waals surface area contributed by atoms with E-state index in [9.17, 15) is 18.4 Å². The molecule has 0 radical (unpaired) electrons. The lowest BCUT2D eigenvalue weighted by molar-refractivity contribution is -0.123. The Morgan fingerprint density at radius 2 is 2.00 bits per heavy atom. The maximum atomic E-state index is 14.0. The molecular formula is C16H19F2NO3. The molecule has 0 N–H and O–H groups in total. The Morgan fingerprint density at radius 3 is 2.59 bits per heavy atom. The number of likely N-dealkylation sites (tertiary alicyclic amines) is 1. The summed E-state index contributed by atoms with van der Waals surface area (Å²) in [5, 5.41) is 0. The third kappa shape index (κ3) is 3.81. The van der Waals surface area contributed by atoms with Crippen molar-refractivity contribution in [2.24, 2.45) is 0 Å². The zero-order valence-electron chi connectivity index (χ0n) is 12.9. The summed E-state index contributed by atoms with van der Waals surface area (Å²) < 4.78 is 32.4. The summed E-state index contributed by atoms with van der Waals surface area (Å²) in [5.41, 5.74) is -0.565. The van der Waals surface area contributed by atoms with Crippen LogP contribution in [0.5, 0.6) is 0 Å². The molecule has 1 atom stereocenters. The second kappa shape index (κ2) is 6.02. The summed E-state index contributed by atoms with van der Waals surface area (Å²) in [7, 11) is 0. The van der Waals surface area contributed by atoms with Crippen molar-refractivity contribution in [2.75, 3.05) is 6.54 Å². The number of nitrogens with zero attached hydrogens (tertiary/aromatic N) is 1. The Morgan fingerprint density at radius 1 is 1.32 bits per heavy atom. The number of hydrogen-bond donors (Lipinski definition) is 0. The molecule has 0 aliphatic carbocycles. The lowest BCUT2D eigenvalue weighted by atomic mass is 9.94. The predicted octanol–water partition coefficient (Wildman–Crippen LogP) is 3.61. The van der Waals surface area contributed by atoms with Crippen LogP contribution in [0.3, 0.4) is 0 Å². The highest BCUT2D eigenvalue weighted by atomic mass is 19.1. The fourth-order valence-corrected chi connectivity index (χ4v) is 2.42. The van der Waals surface area contributed by atoms with Crippen molar-refractivity contribution < 1.29 is 23.1 Å². The van der Waals surface area contributed by atoms with Gasteiger partial charge < -0.3 is 9.64 Å². The molecule has 1 aromatic carbocycles. The summed E-state index contributed by atoms with van der Waals surface area (Å²) in [4.78, 5) is 25.3. The largest absolute Gasteiger partial charge is 0.444 e. The van der Waals surface area contributed by atoms with Crippen molar-refractivity contribution in [3.63, 3.8) is 0 Å². The van der Waals surface area contributed by atoms with Crippen molar-refractivity contribution in [3.8, 4) is 0 Å². The number of Topliss-reactive ketones (excluding diaryl/α,β-unsaturated/α-hetero) is 1. The predicted molar refractivity (Wildman–Crippen MR) is 76.3 cm³/mol. The zero-order valence-corrected chi connectivity index (χ0v) is 12.9. The molecule has 22 heavy (non-hydrogen) atoms. The van der Waals surface area contributed by atoms with Crippen LogP contribution in [0.4, 0.5) is 13.6 Å². The second-order valence-electron chi connectivity index (χ2n) is 6.35. The van der Waals surface area contributed by atoms with Gasteiger partial charge in [-0.3, -0.25) is 4.79 Å². The normalized spacial score (nSPS) is 19.2. The first-order valence-corrected chi connectivity index (χ1v) is 7.13. The molecule has 0 saturated carbocycles. The van der Waals surface area contributed by atoms with E-state index in [-0.39, 0.29) is 30.7 Å². The quantitative estimate of drug-likeness (QED) is 0.796. The van der Waals surface area contributed by atoms with Crippen molar-refractivity contribution in [1.29, 1.82) is 0 Å². The minimum absolute atomic E-state index is 0.00178. The van der Waals surface area contributed by atoms with E-state index in [1.807, 2.05) is 0 Å². The molecule has 1 aromatic rings. The smallest absolute Gasteiger partial charge is 0.410 e. The minimum atomic E-state index is -0.770. The van der Waals surface area contributed by atoms with E-state index < -0.39 is 29.4 Å². The monoisotopic (exact) mass is 311 g/mol. The first-order valence-electron chi connectivity index (χ1n) is 7.13. The van der Waals surface area contributed by atoms with Gasteiger partial charge in [-0.05, 0) is 26.8 Å². The van der Waals surface area contributed by atoms with E-state index >= 15 is 0 Å². The van der Waals surface area contributed by atoms with E-state index in [0.29, 0.717) is 0 Å². The SMILES string of the molecule is CC(C)(C)OC(=O)N1CCC(=O)CC1c1ccc(F)cc1F. The van der Waals surface area contributed by atoms with Crippen molar-refractivity contribution in [2.45, 2.75) is 45.3 Å². The Labute approximate surface area is 128 Å². The first kappa shape index (κ1) is 16.4. The molecule has 1 heterocycles. The molecule has 0 spiro atoms. The molecule has 1 aliphatic heterocycles. The fraction of sp³-hybridized carbons (Fsp3) is 0.500. The third-order valence-electron chi connectivity index (χ3n) is 3.38. The van der Waals surface area contributed by atoms with Gasteiger partial charge in [-0.15, -0.1) is 0 Å². The number of halogens is 2. The number of hydrogen-bond acceptors (Lipinski definition) is 3. The highest BCUT2D eigenvalue weighted by Crippen LogP contribution is 2.32. The van der Waals surface area contributed by atoms with Gasteiger partial charge in [0.15, 0.2) is 0 Å². The fourth-order valence-electron chi connectivity index (χ4n) is 2.42. The highest BCUT2D eigenvalue weighted by Gasteiger charge is 2.35. The Bertz CT molecular complexity index is 596. The Balaban J connectivity index is 2.31. The summed E-state index contributed by atoms with van der Waals surface area (Å²) >= 11 is 0. The molecule has 2 rings (SSSR count). The first-order chi connectivity index (χ1) is 10.2. The van der Waals surface area contributed by atoms with Crippen LogP contribution >= 0.6 is 0 Å². The molecule has 1 aliphatic rings. The van der Waals surface area contributed by atoms with E-state index in [1.165, 1.54) is 11.0 Å². The molecule has 1 saturated heterocycles. The van der Waals surface area contributed by atoms with Gasteiger partial charge in [0.1, 0.15) is 23.0 Å². The minimum Gasteiger partial charge on any atom is -0.444 e. The molecule has 0 bridgehead atoms. The molecule has 120 valence electrons. The van der Waals surface area contributed by atoms with Gasteiger partial charge >= 0.3 is 6.09 Å². The van der Waals surface area contributed by atoms with Crippen LogP contribution in [0.1, 0.15) is 45.2 Å². The molecule has 6 heteroatoms. The van der Waals surface area contributed by atoms with Gasteiger partial charge in [-0.25, -0.2) is 13.6 Å². The number of rotatable bonds is 1. The molecule has 0 aromatic heterocycles. The van der Waals surface area contributed by atoms with Crippen LogP contribution in [-0.4, -0.2) is 28.9 Å². The Hall–Kier alpha value is -1.98. The molecular weight excluding hydrogens is 292 g/mol. The summed E-state index contributed by atoms with van der Waals surface area (Å²) in [6.45, 7) is 5.35. The maximum absolute atomic E-state index is 14.0. The van der Waals surface area contributed by atoms with Crippen molar-refractivity contribution >= 4 is 11.9 Å². The topological polar surface area (TPSA) is 46.6 Å². The number of ketones is 1. The molecule has 1 amide bonds. The van der Waals surface area contributed by atoms with E-state index in [0.717, 1.165) is 12.1 Å². The standard InChI is InChI=1S/C16H19F2NO3/c1-16(2,3)22-15(21)19-7-6-11(20)9-14(19)12-5-4-10(17)8-13(12)18/h4-5,8,14H,6-7,9H2,1-3H3. The maximum Gasteiger partial charge on any atom is 0.410 e. The van der Waals surface area contributed by atoms with Gasteiger partial charge in [0.2, 0.25) is 0 Å². The van der Waals surface area contributed by atoms with E-state index in [2.05, 4.69) is 0 Å². The van der Waals surface area contributed by atoms with Crippen molar-refractivity contribution in [1.82, 2.24) is 4.90 Å². The third-order valence-corrected chi connectivity index (χ3v) is 3.38. The van der Waals surface area contributed by atoms with E-state index in [1.54, 1.807) is 20.8 Å². The van der Waals surface area contributed by atoms with Gasteiger partial charge in [0.05, 0.1) is 6.04 Å². The van der Waals surface area contributed by atoms with Crippen LogP contribution < -0.4 is 0 Å². The number of amides is 1. The second-order valence-corrected chi connectivity index (χ2v) is 6.35. The van der Waals surface area contributed by atoms with Crippen LogP contribution in [0.15, 0.2) is 18.2 Å². The number of carbonyl (C=O) groups excluding carboxylic acids is 2. The lowest BCUT2D eigenvalue weighted by Gasteiger charge is -2.36. The van der Waals surface area contributed by atoms with Crippen LogP contribution in [0.2, 0.25) is 0 Å². The van der Waals surface area contributed by atoms with E-state index in [4.69, 9.17) is 4.74 Å². The number of piperidine rings is 1. The zero-order chi connectivity index (χ0) is 16.5. The van der Waals surface area contributed by atoms with Gasteiger partial charge in [-0.2, -0.15) is 0 Å². The van der Waals surface area contributed by atoms with Crippen LogP contribution in [0, 0.1) is 11.6 Å². The molecule has 1 fully saturated rings. The summed E-state index contributed by atoms with van der Waals surface area (Å²) in [5.74, 6) is -1.53. The average Bonchev–Trinajstić information content (AvgIpc) is 2.36. The van der Waals surface area contributed by atoms with Crippen LogP contribution in [-0.2, 0) is 9.53 Å². The number of ether oxygens (including phenoxy) is 1. The molecule has 1 unspecified atom stereocenters. The average molecular weight is 311 g/mol. The summed E-state index contributed by atoms with van der Waals surface area (Å²) in [6.07, 6.45) is -0.394. The van der Waals surface area contributed by atoms with Gasteiger partial charge in [0.25, 0.3) is 0 Å². The Kier molecular flexibility index (Phi) is 4.49.